The molecule has 0 saturated carbocycles. The van der Waals surface area contributed by atoms with Crippen molar-refractivity contribution in [3.63, 3.8) is 0 Å². The molecule has 1 fully saturated rings. The fraction of sp³-hybridized carbons (Fsp3) is 0.429. The van der Waals surface area contributed by atoms with Gasteiger partial charge in [0.15, 0.2) is 0 Å². The van der Waals surface area contributed by atoms with E-state index in [9.17, 15) is 8.42 Å². The van der Waals surface area contributed by atoms with Crippen LogP contribution >= 0.6 is 34.3 Å². The van der Waals surface area contributed by atoms with Crippen LogP contribution in [0.5, 0.6) is 0 Å². The van der Waals surface area contributed by atoms with Gasteiger partial charge in [-0.2, -0.15) is 0 Å². The first-order chi connectivity index (χ1) is 11.1. The number of nitrogens with zero attached hydrogens (tertiary/aromatic N) is 1. The number of rotatable bonds is 6. The lowest BCUT2D eigenvalue weighted by molar-refractivity contribution is 0.0179. The number of morpholine rings is 1. The zero-order valence-electron chi connectivity index (χ0n) is 12.3. The Kier molecular flexibility index (Phi) is 5.74. The highest BCUT2D eigenvalue weighted by atomic mass is 35.5. The van der Waals surface area contributed by atoms with Crippen molar-refractivity contribution < 1.29 is 13.2 Å². The van der Waals surface area contributed by atoms with Crippen LogP contribution in [0.15, 0.2) is 33.9 Å². The van der Waals surface area contributed by atoms with E-state index in [1.807, 2.05) is 17.5 Å². The minimum Gasteiger partial charge on any atom is -0.379 e. The Morgan fingerprint density at radius 1 is 1.30 bits per heavy atom. The molecule has 2 aromatic rings. The first-order valence-electron chi connectivity index (χ1n) is 7.16. The summed E-state index contributed by atoms with van der Waals surface area (Å²) in [5.41, 5.74) is 0. The number of sulfonamides is 1. The molecule has 3 rings (SSSR count). The molecule has 0 amide bonds. The third-order valence-corrected chi connectivity index (χ3v) is 7.76. The number of hydrogen-bond acceptors (Lipinski definition) is 6. The number of ether oxygens (including phenoxy) is 1. The molecule has 1 N–H and O–H groups in total. The van der Waals surface area contributed by atoms with E-state index < -0.39 is 10.0 Å². The molecule has 1 aliphatic heterocycles. The summed E-state index contributed by atoms with van der Waals surface area (Å²) in [4.78, 5) is 3.41. The smallest absolute Gasteiger partial charge is 0.250 e. The molecule has 0 radical (unpaired) electrons. The van der Waals surface area contributed by atoms with Crippen molar-refractivity contribution in [1.82, 2.24) is 9.62 Å². The Balaban J connectivity index is 1.73. The molecule has 0 bridgehead atoms. The molecule has 5 nitrogen and oxygen atoms in total. The molecule has 126 valence electrons. The molecule has 0 spiro atoms. The van der Waals surface area contributed by atoms with Crippen LogP contribution in [-0.2, 0) is 14.8 Å². The Labute approximate surface area is 148 Å². The maximum absolute atomic E-state index is 12.4. The van der Waals surface area contributed by atoms with Crippen LogP contribution in [0.1, 0.15) is 10.9 Å². The van der Waals surface area contributed by atoms with Crippen LogP contribution < -0.4 is 4.72 Å². The average molecular weight is 393 g/mol. The molecular weight excluding hydrogens is 376 g/mol. The normalized spacial score (nSPS) is 18.1. The Hall–Kier alpha value is -0.480. The summed E-state index contributed by atoms with van der Waals surface area (Å²) in [6.45, 7) is 3.28. The lowest BCUT2D eigenvalue weighted by atomic mass is 10.2. The monoisotopic (exact) mass is 392 g/mol. The van der Waals surface area contributed by atoms with Gasteiger partial charge >= 0.3 is 0 Å². The van der Waals surface area contributed by atoms with Crippen molar-refractivity contribution in [2.75, 3.05) is 32.8 Å². The van der Waals surface area contributed by atoms with Crippen molar-refractivity contribution in [1.29, 1.82) is 0 Å². The predicted octanol–water partition coefficient (Wildman–Crippen LogP) is 2.81. The number of halogens is 1. The van der Waals surface area contributed by atoms with Gasteiger partial charge in [0.1, 0.15) is 4.21 Å². The van der Waals surface area contributed by atoms with Crippen LogP contribution in [0.3, 0.4) is 0 Å². The maximum atomic E-state index is 12.4. The zero-order valence-corrected chi connectivity index (χ0v) is 15.5. The summed E-state index contributed by atoms with van der Waals surface area (Å²) in [5.74, 6) is 0. The van der Waals surface area contributed by atoms with Gasteiger partial charge in [-0.3, -0.25) is 4.90 Å². The minimum absolute atomic E-state index is 0.0177. The van der Waals surface area contributed by atoms with Crippen LogP contribution in [0.4, 0.5) is 0 Å². The van der Waals surface area contributed by atoms with E-state index in [2.05, 4.69) is 9.62 Å². The molecule has 1 aliphatic rings. The SMILES string of the molecule is O=S(=O)(NC[C@H](c1cccs1)N1CCOCC1)c1ccc(Cl)s1. The zero-order chi connectivity index (χ0) is 16.3. The van der Waals surface area contributed by atoms with E-state index in [-0.39, 0.29) is 10.3 Å². The van der Waals surface area contributed by atoms with Crippen molar-refractivity contribution in [3.8, 4) is 0 Å². The van der Waals surface area contributed by atoms with Crippen molar-refractivity contribution in [3.05, 3.63) is 38.9 Å². The van der Waals surface area contributed by atoms with Gasteiger partial charge in [0.2, 0.25) is 10.0 Å². The second kappa shape index (κ2) is 7.60. The van der Waals surface area contributed by atoms with Gasteiger partial charge in [-0.25, -0.2) is 13.1 Å². The van der Waals surface area contributed by atoms with E-state index >= 15 is 0 Å². The quantitative estimate of drug-likeness (QED) is 0.821. The topological polar surface area (TPSA) is 58.6 Å². The Morgan fingerprint density at radius 3 is 2.70 bits per heavy atom. The lowest BCUT2D eigenvalue weighted by Crippen LogP contribution is -2.43. The second-order valence-corrected chi connectivity index (χ2v) is 9.78. The number of nitrogens with one attached hydrogen (secondary N) is 1. The van der Waals surface area contributed by atoms with Gasteiger partial charge in [0.25, 0.3) is 0 Å². The Morgan fingerprint density at radius 2 is 2.09 bits per heavy atom. The minimum atomic E-state index is -3.53. The maximum Gasteiger partial charge on any atom is 0.250 e. The van der Waals surface area contributed by atoms with Gasteiger partial charge < -0.3 is 4.74 Å². The first kappa shape index (κ1) is 17.3. The molecule has 1 atom stereocenters. The van der Waals surface area contributed by atoms with Gasteiger partial charge in [0.05, 0.1) is 23.6 Å². The van der Waals surface area contributed by atoms with Crippen molar-refractivity contribution in [2.24, 2.45) is 0 Å². The molecule has 0 aromatic carbocycles. The summed E-state index contributed by atoms with van der Waals surface area (Å²) >= 11 is 8.54. The third kappa shape index (κ3) is 4.33. The van der Waals surface area contributed by atoms with Crippen LogP contribution in [-0.4, -0.2) is 46.2 Å². The van der Waals surface area contributed by atoms with Crippen molar-refractivity contribution in [2.45, 2.75) is 10.3 Å². The van der Waals surface area contributed by atoms with E-state index in [4.69, 9.17) is 16.3 Å². The molecule has 2 aromatic heterocycles. The summed E-state index contributed by atoms with van der Waals surface area (Å²) < 4.78 is 33.6. The predicted molar refractivity (Wildman–Crippen MR) is 94.0 cm³/mol. The molecule has 3 heterocycles. The highest BCUT2D eigenvalue weighted by Crippen LogP contribution is 2.28. The number of thiophene rings is 2. The van der Waals surface area contributed by atoms with E-state index in [1.54, 1.807) is 17.4 Å². The molecule has 9 heteroatoms. The molecule has 23 heavy (non-hydrogen) atoms. The summed E-state index contributed by atoms with van der Waals surface area (Å²) in [7, 11) is -3.53. The standard InChI is InChI=1S/C14H17ClN2O3S3/c15-13-3-4-14(22-13)23(18,19)16-10-11(12-2-1-9-21-12)17-5-7-20-8-6-17/h1-4,9,11,16H,5-8,10H2/t11-/m1/s1. The average Bonchev–Trinajstić information content (AvgIpc) is 3.20. The van der Waals surface area contributed by atoms with Crippen molar-refractivity contribution >= 4 is 44.3 Å². The summed E-state index contributed by atoms with van der Waals surface area (Å²) in [6, 6.07) is 7.18. The van der Waals surface area contributed by atoms with Crippen LogP contribution in [0.2, 0.25) is 4.34 Å². The van der Waals surface area contributed by atoms with E-state index in [1.165, 1.54) is 6.07 Å². The van der Waals surface area contributed by atoms with Gasteiger partial charge in [-0.15, -0.1) is 22.7 Å². The molecule has 0 unspecified atom stereocenters. The fourth-order valence-corrected chi connectivity index (χ4v) is 5.91. The second-order valence-electron chi connectivity index (χ2n) is 5.09. The summed E-state index contributed by atoms with van der Waals surface area (Å²) in [5, 5.41) is 2.01. The van der Waals surface area contributed by atoms with E-state index in [0.717, 1.165) is 29.3 Å². The largest absolute Gasteiger partial charge is 0.379 e. The Bertz CT molecular complexity index is 724. The van der Waals surface area contributed by atoms with Gasteiger partial charge in [-0.05, 0) is 23.6 Å². The van der Waals surface area contributed by atoms with Gasteiger partial charge in [0, 0.05) is 24.5 Å². The first-order valence-corrected chi connectivity index (χ1v) is 10.7. The highest BCUT2D eigenvalue weighted by Gasteiger charge is 2.26. The van der Waals surface area contributed by atoms with Gasteiger partial charge in [-0.1, -0.05) is 17.7 Å². The van der Waals surface area contributed by atoms with Crippen LogP contribution in [0, 0.1) is 0 Å². The summed E-state index contributed by atoms with van der Waals surface area (Å²) in [6.07, 6.45) is 0. The number of hydrogen-bond donors (Lipinski definition) is 1. The van der Waals surface area contributed by atoms with E-state index in [0.29, 0.717) is 24.1 Å². The molecule has 1 saturated heterocycles. The molecular formula is C14H17ClN2O3S3. The molecule has 0 aliphatic carbocycles. The third-order valence-electron chi connectivity index (χ3n) is 3.64. The highest BCUT2D eigenvalue weighted by molar-refractivity contribution is 7.91. The lowest BCUT2D eigenvalue weighted by Gasteiger charge is -2.34. The fourth-order valence-electron chi connectivity index (χ4n) is 2.48. The van der Waals surface area contributed by atoms with Crippen LogP contribution in [0.25, 0.3) is 0 Å².